The van der Waals surface area contributed by atoms with Crippen LogP contribution in [0.4, 0.5) is 8.78 Å². The second kappa shape index (κ2) is 6.66. The third-order valence-electron chi connectivity index (χ3n) is 2.88. The monoisotopic (exact) mass is 360 g/mol. The van der Waals surface area contributed by atoms with Crippen LogP contribution in [0.2, 0.25) is 5.02 Å². The molecule has 1 unspecified atom stereocenters. The summed E-state index contributed by atoms with van der Waals surface area (Å²) in [7, 11) is 0. The van der Waals surface area contributed by atoms with Crippen LogP contribution in [0.5, 0.6) is 0 Å². The molecule has 0 saturated carbocycles. The molecule has 0 radical (unpaired) electrons. The van der Waals surface area contributed by atoms with E-state index in [1.165, 1.54) is 18.2 Å². The summed E-state index contributed by atoms with van der Waals surface area (Å²) in [4.78, 5) is 0. The Bertz CT molecular complexity index is 599. The van der Waals surface area contributed by atoms with Crippen molar-refractivity contribution >= 4 is 27.5 Å². The summed E-state index contributed by atoms with van der Waals surface area (Å²) >= 11 is 8.88. The second-order valence-corrected chi connectivity index (χ2v) is 5.88. The average Bonchev–Trinajstić information content (AvgIpc) is 2.33. The topological polar surface area (TPSA) is 20.2 Å². The highest BCUT2D eigenvalue weighted by Gasteiger charge is 2.13. The van der Waals surface area contributed by atoms with Crippen molar-refractivity contribution in [3.8, 4) is 0 Å². The zero-order valence-corrected chi connectivity index (χ0v) is 12.8. The molecule has 0 spiro atoms. The van der Waals surface area contributed by atoms with E-state index in [2.05, 4.69) is 15.9 Å². The summed E-state index contributed by atoms with van der Waals surface area (Å²) in [6.45, 7) is 0. The molecule has 0 amide bonds. The van der Waals surface area contributed by atoms with Crippen LogP contribution in [-0.4, -0.2) is 11.2 Å². The van der Waals surface area contributed by atoms with E-state index in [0.717, 1.165) is 0 Å². The predicted octanol–water partition coefficient (Wildman–Crippen LogP) is 4.53. The molecule has 20 heavy (non-hydrogen) atoms. The first kappa shape index (κ1) is 15.4. The first-order chi connectivity index (χ1) is 9.45. The van der Waals surface area contributed by atoms with Crippen LogP contribution in [0.1, 0.15) is 11.1 Å². The standard InChI is InChI=1S/C15H12BrClF2O/c16-11-4-9(5-12(18)8-11)6-13(20)7-10-2-1-3-14(17)15(10)19/h1-5,8,13,20H,6-7H2. The minimum absolute atomic E-state index is 0.0307. The summed E-state index contributed by atoms with van der Waals surface area (Å²) in [5.74, 6) is -0.899. The molecule has 1 N–H and O–H groups in total. The van der Waals surface area contributed by atoms with E-state index in [0.29, 0.717) is 15.6 Å². The number of halogens is 4. The van der Waals surface area contributed by atoms with Gasteiger partial charge in [0, 0.05) is 10.9 Å². The van der Waals surface area contributed by atoms with Crippen molar-refractivity contribution in [2.24, 2.45) is 0 Å². The van der Waals surface area contributed by atoms with Crippen LogP contribution in [-0.2, 0) is 12.8 Å². The van der Waals surface area contributed by atoms with Gasteiger partial charge in [-0.05, 0) is 41.8 Å². The molecule has 0 saturated heterocycles. The van der Waals surface area contributed by atoms with Crippen LogP contribution in [0, 0.1) is 11.6 Å². The van der Waals surface area contributed by atoms with Crippen molar-refractivity contribution in [2.75, 3.05) is 0 Å². The summed E-state index contributed by atoms with van der Waals surface area (Å²) in [5.41, 5.74) is 0.993. The summed E-state index contributed by atoms with van der Waals surface area (Å²) < 4.78 is 27.6. The number of benzene rings is 2. The smallest absolute Gasteiger partial charge is 0.145 e. The van der Waals surface area contributed by atoms with Crippen LogP contribution in [0.25, 0.3) is 0 Å². The molecule has 2 rings (SSSR count). The first-order valence-corrected chi connectivity index (χ1v) is 7.18. The molecular formula is C15H12BrClF2O. The van der Waals surface area contributed by atoms with Crippen LogP contribution in [0.15, 0.2) is 40.9 Å². The molecule has 0 aromatic heterocycles. The van der Waals surface area contributed by atoms with Crippen molar-refractivity contribution in [2.45, 2.75) is 18.9 Å². The van der Waals surface area contributed by atoms with E-state index < -0.39 is 11.9 Å². The van der Waals surface area contributed by atoms with Crippen molar-refractivity contribution < 1.29 is 13.9 Å². The number of aliphatic hydroxyl groups excluding tert-OH is 1. The van der Waals surface area contributed by atoms with Gasteiger partial charge in [0.2, 0.25) is 0 Å². The third kappa shape index (κ3) is 4.01. The minimum atomic E-state index is -0.809. The van der Waals surface area contributed by atoms with Gasteiger partial charge in [0.05, 0.1) is 11.1 Å². The maximum Gasteiger partial charge on any atom is 0.145 e. The van der Waals surface area contributed by atoms with Crippen molar-refractivity contribution in [3.05, 3.63) is 68.7 Å². The van der Waals surface area contributed by atoms with Gasteiger partial charge in [0.1, 0.15) is 11.6 Å². The Morgan fingerprint density at radius 3 is 2.60 bits per heavy atom. The molecule has 0 aliphatic heterocycles. The Morgan fingerprint density at radius 2 is 1.90 bits per heavy atom. The normalized spacial score (nSPS) is 12.4. The fourth-order valence-electron chi connectivity index (χ4n) is 2.03. The lowest BCUT2D eigenvalue weighted by molar-refractivity contribution is 0.174. The van der Waals surface area contributed by atoms with Gasteiger partial charge < -0.3 is 5.11 Å². The lowest BCUT2D eigenvalue weighted by Gasteiger charge is -2.12. The highest BCUT2D eigenvalue weighted by atomic mass is 79.9. The molecule has 0 aliphatic rings. The highest BCUT2D eigenvalue weighted by Crippen LogP contribution is 2.21. The number of aliphatic hydroxyl groups is 1. The molecule has 0 fully saturated rings. The quantitative estimate of drug-likeness (QED) is 0.848. The van der Waals surface area contributed by atoms with Crippen molar-refractivity contribution in [1.82, 2.24) is 0 Å². The molecule has 1 nitrogen and oxygen atoms in total. The Kier molecular flexibility index (Phi) is 5.13. The van der Waals surface area contributed by atoms with Gasteiger partial charge in [-0.1, -0.05) is 39.7 Å². The Labute approximate surface area is 129 Å². The van der Waals surface area contributed by atoms with Gasteiger partial charge in [-0.2, -0.15) is 0 Å². The van der Waals surface area contributed by atoms with Crippen molar-refractivity contribution in [3.63, 3.8) is 0 Å². The summed E-state index contributed by atoms with van der Waals surface area (Å²) in [5, 5.41) is 10.0. The van der Waals surface area contributed by atoms with E-state index in [4.69, 9.17) is 11.6 Å². The van der Waals surface area contributed by atoms with Gasteiger partial charge in [0.25, 0.3) is 0 Å². The lowest BCUT2D eigenvalue weighted by atomic mass is 10.0. The zero-order chi connectivity index (χ0) is 14.7. The van der Waals surface area contributed by atoms with Gasteiger partial charge in [-0.25, -0.2) is 8.78 Å². The Morgan fingerprint density at radius 1 is 1.15 bits per heavy atom. The van der Waals surface area contributed by atoms with Crippen molar-refractivity contribution in [1.29, 1.82) is 0 Å². The molecule has 1 atom stereocenters. The molecule has 2 aromatic rings. The van der Waals surface area contributed by atoms with E-state index >= 15 is 0 Å². The van der Waals surface area contributed by atoms with Gasteiger partial charge in [0.15, 0.2) is 0 Å². The number of hydrogen-bond donors (Lipinski definition) is 1. The average molecular weight is 362 g/mol. The highest BCUT2D eigenvalue weighted by molar-refractivity contribution is 9.10. The SMILES string of the molecule is OC(Cc1cc(F)cc(Br)c1)Cc1cccc(Cl)c1F. The molecule has 0 aliphatic carbocycles. The molecule has 0 heterocycles. The third-order valence-corrected chi connectivity index (χ3v) is 3.63. The fraction of sp³-hybridized carbons (Fsp3) is 0.200. The van der Waals surface area contributed by atoms with E-state index in [1.807, 2.05) is 0 Å². The lowest BCUT2D eigenvalue weighted by Crippen LogP contribution is -2.15. The van der Waals surface area contributed by atoms with Crippen LogP contribution < -0.4 is 0 Å². The molecule has 5 heteroatoms. The zero-order valence-electron chi connectivity index (χ0n) is 10.4. The Balaban J connectivity index is 2.09. The fourth-order valence-corrected chi connectivity index (χ4v) is 2.74. The molecule has 2 aromatic carbocycles. The van der Waals surface area contributed by atoms with E-state index in [-0.39, 0.29) is 23.7 Å². The molecule has 0 bridgehead atoms. The van der Waals surface area contributed by atoms with Gasteiger partial charge in [-0.3, -0.25) is 0 Å². The maximum atomic E-state index is 13.7. The largest absolute Gasteiger partial charge is 0.392 e. The van der Waals surface area contributed by atoms with Crippen LogP contribution in [0.3, 0.4) is 0 Å². The van der Waals surface area contributed by atoms with E-state index in [1.54, 1.807) is 18.2 Å². The maximum absolute atomic E-state index is 13.7. The van der Waals surface area contributed by atoms with Crippen LogP contribution >= 0.6 is 27.5 Å². The molecule has 106 valence electrons. The Hall–Kier alpha value is -0.970. The number of hydrogen-bond acceptors (Lipinski definition) is 1. The van der Waals surface area contributed by atoms with Gasteiger partial charge in [-0.15, -0.1) is 0 Å². The second-order valence-electron chi connectivity index (χ2n) is 4.55. The van der Waals surface area contributed by atoms with Gasteiger partial charge >= 0.3 is 0 Å². The predicted molar refractivity (Wildman–Crippen MR) is 78.9 cm³/mol. The summed E-state index contributed by atoms with van der Waals surface area (Å²) in [6.07, 6.45) is -0.445. The summed E-state index contributed by atoms with van der Waals surface area (Å²) in [6, 6.07) is 9.07. The number of rotatable bonds is 4. The molecular weight excluding hydrogens is 350 g/mol. The first-order valence-electron chi connectivity index (χ1n) is 6.01. The minimum Gasteiger partial charge on any atom is -0.392 e. The van der Waals surface area contributed by atoms with E-state index in [9.17, 15) is 13.9 Å².